The van der Waals surface area contributed by atoms with Crippen molar-refractivity contribution in [2.75, 3.05) is 13.2 Å². The lowest BCUT2D eigenvalue weighted by atomic mass is 10.0. The maximum atomic E-state index is 12.2. The van der Waals surface area contributed by atoms with E-state index in [9.17, 15) is 9.59 Å². The first-order valence-corrected chi connectivity index (χ1v) is 9.56. The highest BCUT2D eigenvalue weighted by atomic mass is 16.5. The fourth-order valence-corrected chi connectivity index (χ4v) is 2.90. The van der Waals surface area contributed by atoms with Gasteiger partial charge in [-0.05, 0) is 48.2 Å². The Hall–Kier alpha value is -3.35. The number of aromatic nitrogens is 2. The van der Waals surface area contributed by atoms with E-state index in [4.69, 9.17) is 9.15 Å². The summed E-state index contributed by atoms with van der Waals surface area (Å²) in [6.45, 7) is 6.58. The van der Waals surface area contributed by atoms with Crippen molar-refractivity contribution in [2.45, 2.75) is 33.2 Å². The number of furan rings is 1. The molecule has 7 nitrogen and oxygen atoms in total. The fourth-order valence-electron chi connectivity index (χ4n) is 2.90. The van der Waals surface area contributed by atoms with Crippen LogP contribution in [0, 0.1) is 6.92 Å². The molecule has 0 aliphatic carbocycles. The fraction of sp³-hybridized carbons (Fsp3) is 0.318. The molecular formula is C22H25N3O4. The molecule has 0 unspecified atom stereocenters. The van der Waals surface area contributed by atoms with Gasteiger partial charge < -0.3 is 14.5 Å². The van der Waals surface area contributed by atoms with Crippen LogP contribution in [-0.4, -0.2) is 28.8 Å². The van der Waals surface area contributed by atoms with E-state index in [-0.39, 0.29) is 31.2 Å². The average Bonchev–Trinajstić information content (AvgIpc) is 3.22. The molecule has 3 aromatic rings. The number of carbonyl (C=O) groups excluding carboxylic acids is 1. The van der Waals surface area contributed by atoms with Crippen molar-refractivity contribution in [1.82, 2.24) is 15.1 Å². The van der Waals surface area contributed by atoms with Gasteiger partial charge >= 0.3 is 0 Å². The van der Waals surface area contributed by atoms with Crippen LogP contribution in [0.5, 0.6) is 5.75 Å². The summed E-state index contributed by atoms with van der Waals surface area (Å²) >= 11 is 0. The van der Waals surface area contributed by atoms with Crippen LogP contribution < -0.4 is 15.6 Å². The molecule has 0 spiro atoms. The highest BCUT2D eigenvalue weighted by Crippen LogP contribution is 2.27. The SMILES string of the molecule is Cc1ccc(C(C)C)c(OCC(=O)NCCn2nc(-c3ccco3)ccc2=O)c1. The van der Waals surface area contributed by atoms with Crippen LogP contribution in [0.2, 0.25) is 0 Å². The number of amides is 1. The predicted molar refractivity (Wildman–Crippen MR) is 110 cm³/mol. The number of hydrogen-bond donors (Lipinski definition) is 1. The highest BCUT2D eigenvalue weighted by Gasteiger charge is 2.11. The summed E-state index contributed by atoms with van der Waals surface area (Å²) in [5.41, 5.74) is 2.46. The van der Waals surface area contributed by atoms with Gasteiger partial charge in [-0.25, -0.2) is 4.68 Å². The third-order valence-electron chi connectivity index (χ3n) is 4.44. The van der Waals surface area contributed by atoms with E-state index in [1.165, 1.54) is 10.7 Å². The van der Waals surface area contributed by atoms with Gasteiger partial charge in [-0.2, -0.15) is 5.10 Å². The molecule has 1 amide bonds. The first-order chi connectivity index (χ1) is 13.9. The van der Waals surface area contributed by atoms with Crippen molar-refractivity contribution >= 4 is 5.91 Å². The van der Waals surface area contributed by atoms with Crippen molar-refractivity contribution in [3.8, 4) is 17.2 Å². The molecule has 0 radical (unpaired) electrons. The molecule has 0 saturated heterocycles. The Bertz CT molecular complexity index is 1020. The second-order valence-corrected chi connectivity index (χ2v) is 7.09. The molecule has 0 saturated carbocycles. The molecule has 1 aromatic carbocycles. The van der Waals surface area contributed by atoms with Crippen molar-refractivity contribution in [2.24, 2.45) is 0 Å². The van der Waals surface area contributed by atoms with E-state index in [2.05, 4.69) is 24.3 Å². The number of carbonyl (C=O) groups is 1. The van der Waals surface area contributed by atoms with Crippen molar-refractivity contribution in [1.29, 1.82) is 0 Å². The van der Waals surface area contributed by atoms with Crippen LogP contribution in [0.3, 0.4) is 0 Å². The van der Waals surface area contributed by atoms with Crippen LogP contribution in [0.4, 0.5) is 0 Å². The van der Waals surface area contributed by atoms with Gasteiger partial charge in [0.1, 0.15) is 11.4 Å². The van der Waals surface area contributed by atoms with Gasteiger partial charge in [-0.15, -0.1) is 0 Å². The summed E-state index contributed by atoms with van der Waals surface area (Å²) in [4.78, 5) is 24.1. The maximum absolute atomic E-state index is 12.2. The molecule has 0 atom stereocenters. The number of aryl methyl sites for hydroxylation is 1. The van der Waals surface area contributed by atoms with Gasteiger partial charge in [-0.3, -0.25) is 9.59 Å². The Morgan fingerprint density at radius 2 is 2.07 bits per heavy atom. The lowest BCUT2D eigenvalue weighted by Crippen LogP contribution is -2.34. The molecule has 0 bridgehead atoms. The minimum Gasteiger partial charge on any atom is -0.483 e. The van der Waals surface area contributed by atoms with Crippen molar-refractivity contribution in [3.63, 3.8) is 0 Å². The van der Waals surface area contributed by atoms with Crippen molar-refractivity contribution < 1.29 is 13.9 Å². The third-order valence-corrected chi connectivity index (χ3v) is 4.44. The lowest BCUT2D eigenvalue weighted by molar-refractivity contribution is -0.123. The summed E-state index contributed by atoms with van der Waals surface area (Å²) in [6, 6.07) is 12.6. The Labute approximate surface area is 169 Å². The lowest BCUT2D eigenvalue weighted by Gasteiger charge is -2.15. The molecule has 7 heteroatoms. The van der Waals surface area contributed by atoms with E-state index in [0.717, 1.165) is 16.9 Å². The Morgan fingerprint density at radius 3 is 2.79 bits per heavy atom. The maximum Gasteiger partial charge on any atom is 0.266 e. The third kappa shape index (κ3) is 5.34. The van der Waals surface area contributed by atoms with E-state index in [1.54, 1.807) is 24.5 Å². The van der Waals surface area contributed by atoms with Gasteiger partial charge in [-0.1, -0.05) is 26.0 Å². The summed E-state index contributed by atoms with van der Waals surface area (Å²) in [5, 5.41) is 7.03. The summed E-state index contributed by atoms with van der Waals surface area (Å²) < 4.78 is 12.3. The molecule has 2 heterocycles. The van der Waals surface area contributed by atoms with Gasteiger partial charge in [0.05, 0.1) is 12.8 Å². The molecule has 2 aromatic heterocycles. The number of nitrogens with zero attached hydrogens (tertiary/aromatic N) is 2. The topological polar surface area (TPSA) is 86.4 Å². The van der Waals surface area contributed by atoms with Gasteiger partial charge in [0.25, 0.3) is 11.5 Å². The monoisotopic (exact) mass is 395 g/mol. The number of benzene rings is 1. The number of hydrogen-bond acceptors (Lipinski definition) is 5. The minimum absolute atomic E-state index is 0.0854. The Balaban J connectivity index is 1.54. The second kappa shape index (κ2) is 9.23. The molecule has 0 fully saturated rings. The Morgan fingerprint density at radius 1 is 1.24 bits per heavy atom. The molecule has 3 rings (SSSR count). The molecule has 152 valence electrons. The standard InChI is InChI=1S/C22H25N3O4/c1-15(2)17-7-6-16(3)13-20(17)29-14-21(26)23-10-11-25-22(27)9-8-18(24-25)19-5-4-12-28-19/h4-9,12-13,15H,10-11,14H2,1-3H3,(H,23,26). The first-order valence-electron chi connectivity index (χ1n) is 9.56. The highest BCUT2D eigenvalue weighted by molar-refractivity contribution is 5.77. The summed E-state index contributed by atoms with van der Waals surface area (Å²) in [5.74, 6) is 1.35. The number of nitrogens with one attached hydrogen (secondary N) is 1. The van der Waals surface area contributed by atoms with Crippen LogP contribution in [0.15, 0.2) is 57.9 Å². The smallest absolute Gasteiger partial charge is 0.266 e. The van der Waals surface area contributed by atoms with Crippen LogP contribution in [-0.2, 0) is 11.3 Å². The quantitative estimate of drug-likeness (QED) is 0.633. The largest absolute Gasteiger partial charge is 0.483 e. The summed E-state index contributed by atoms with van der Waals surface area (Å²) in [7, 11) is 0. The van der Waals surface area contributed by atoms with E-state index in [0.29, 0.717) is 17.4 Å². The van der Waals surface area contributed by atoms with E-state index < -0.39 is 0 Å². The minimum atomic E-state index is -0.253. The second-order valence-electron chi connectivity index (χ2n) is 7.09. The molecule has 1 N–H and O–H groups in total. The molecule has 0 aliphatic heterocycles. The van der Waals surface area contributed by atoms with Crippen LogP contribution >= 0.6 is 0 Å². The molecule has 29 heavy (non-hydrogen) atoms. The van der Waals surface area contributed by atoms with E-state index in [1.807, 2.05) is 25.1 Å². The zero-order chi connectivity index (χ0) is 20.8. The molecule has 0 aliphatic rings. The normalized spacial score (nSPS) is 10.9. The van der Waals surface area contributed by atoms with Crippen LogP contribution in [0.1, 0.15) is 30.9 Å². The van der Waals surface area contributed by atoms with Gasteiger partial charge in [0.2, 0.25) is 0 Å². The number of rotatable bonds is 8. The average molecular weight is 395 g/mol. The number of ether oxygens (including phenoxy) is 1. The summed E-state index contributed by atoms with van der Waals surface area (Å²) in [6.07, 6.45) is 1.55. The molecular weight excluding hydrogens is 370 g/mol. The Kier molecular flexibility index (Phi) is 6.49. The van der Waals surface area contributed by atoms with Gasteiger partial charge in [0.15, 0.2) is 12.4 Å². The van der Waals surface area contributed by atoms with E-state index >= 15 is 0 Å². The predicted octanol–water partition coefficient (Wildman–Crippen LogP) is 3.13. The van der Waals surface area contributed by atoms with Crippen LogP contribution in [0.25, 0.3) is 11.5 Å². The first kappa shape index (κ1) is 20.4. The van der Waals surface area contributed by atoms with Gasteiger partial charge in [0, 0.05) is 12.6 Å². The van der Waals surface area contributed by atoms with Crippen molar-refractivity contribution in [3.05, 3.63) is 70.2 Å². The zero-order valence-corrected chi connectivity index (χ0v) is 16.8. The zero-order valence-electron chi connectivity index (χ0n) is 16.8.